The van der Waals surface area contributed by atoms with Crippen LogP contribution in [-0.2, 0) is 9.59 Å². The van der Waals surface area contributed by atoms with Crippen LogP contribution in [-0.4, -0.2) is 51.9 Å². The Kier molecular flexibility index (Phi) is 5.98. The molecule has 9 nitrogen and oxygen atoms in total. The molecule has 0 saturated heterocycles. The quantitative estimate of drug-likeness (QED) is 0.607. The molecular weight excluding hydrogens is 412 g/mol. The number of hydrazone groups is 1. The third-order valence-corrected chi connectivity index (χ3v) is 5.31. The fourth-order valence-corrected chi connectivity index (χ4v) is 3.71. The second-order valence-electron chi connectivity index (χ2n) is 7.27. The Morgan fingerprint density at radius 3 is 2.47 bits per heavy atom. The van der Waals surface area contributed by atoms with Gasteiger partial charge in [-0.05, 0) is 35.9 Å². The largest absolute Gasteiger partial charge is 0.493 e. The number of carboxylic acid groups (broad SMARTS) is 1. The van der Waals surface area contributed by atoms with E-state index in [1.54, 1.807) is 32.7 Å². The maximum Gasteiger partial charge on any atom is 0.303 e. The van der Waals surface area contributed by atoms with Crippen molar-refractivity contribution in [2.45, 2.75) is 25.3 Å². The Bertz CT molecular complexity index is 1210. The van der Waals surface area contributed by atoms with Crippen LogP contribution < -0.4 is 9.47 Å². The number of ether oxygens (including phenoxy) is 2. The van der Waals surface area contributed by atoms with Crippen LogP contribution >= 0.6 is 0 Å². The number of carbonyl (C=O) groups excluding carboxylic acids is 1. The van der Waals surface area contributed by atoms with Crippen molar-refractivity contribution in [1.82, 2.24) is 15.0 Å². The van der Waals surface area contributed by atoms with E-state index in [0.717, 1.165) is 16.6 Å². The maximum absolute atomic E-state index is 12.9. The Morgan fingerprint density at radius 1 is 1.00 bits per heavy atom. The van der Waals surface area contributed by atoms with E-state index in [2.05, 4.69) is 15.1 Å². The second kappa shape index (κ2) is 9.01. The summed E-state index contributed by atoms with van der Waals surface area (Å²) in [5, 5.41) is 15.0. The fourth-order valence-electron chi connectivity index (χ4n) is 3.71. The van der Waals surface area contributed by atoms with E-state index in [1.165, 1.54) is 5.01 Å². The SMILES string of the molecule is COc1ccc(C2=NN(C(=O)CCC(=O)O)[C@@H](c3ccc4nccnc4c3)C2)cc1OC. The summed E-state index contributed by atoms with van der Waals surface area (Å²) in [5.74, 6) is -0.235. The highest BCUT2D eigenvalue weighted by atomic mass is 16.5. The number of aliphatic carboxylic acids is 1. The van der Waals surface area contributed by atoms with Crippen LogP contribution in [0.15, 0.2) is 53.9 Å². The van der Waals surface area contributed by atoms with Gasteiger partial charge in [0.05, 0.1) is 43.4 Å². The molecule has 0 aliphatic carbocycles. The third kappa shape index (κ3) is 4.22. The number of fused-ring (bicyclic) bond motifs is 1. The van der Waals surface area contributed by atoms with Crippen LogP contribution in [0.25, 0.3) is 11.0 Å². The van der Waals surface area contributed by atoms with Crippen molar-refractivity contribution in [2.75, 3.05) is 14.2 Å². The topological polar surface area (TPSA) is 114 Å². The van der Waals surface area contributed by atoms with Crippen molar-refractivity contribution < 1.29 is 24.2 Å². The molecule has 0 fully saturated rings. The van der Waals surface area contributed by atoms with Gasteiger partial charge in [-0.25, -0.2) is 5.01 Å². The van der Waals surface area contributed by atoms with Gasteiger partial charge in [0.15, 0.2) is 11.5 Å². The van der Waals surface area contributed by atoms with Crippen LogP contribution in [0, 0.1) is 0 Å². The van der Waals surface area contributed by atoms with Crippen LogP contribution in [0.2, 0.25) is 0 Å². The van der Waals surface area contributed by atoms with Gasteiger partial charge in [0.25, 0.3) is 0 Å². The molecule has 1 aliphatic heterocycles. The number of methoxy groups -OCH3 is 2. The first-order valence-electron chi connectivity index (χ1n) is 10.0. The van der Waals surface area contributed by atoms with Crippen LogP contribution in [0.3, 0.4) is 0 Å². The summed E-state index contributed by atoms with van der Waals surface area (Å²) in [4.78, 5) is 32.5. The van der Waals surface area contributed by atoms with Crippen molar-refractivity contribution in [1.29, 1.82) is 0 Å². The van der Waals surface area contributed by atoms with Gasteiger partial charge in [-0.1, -0.05) is 6.07 Å². The molecule has 2 aromatic carbocycles. The molecule has 0 spiro atoms. The Hall–Kier alpha value is -4.01. The van der Waals surface area contributed by atoms with E-state index in [4.69, 9.17) is 14.6 Å². The molecule has 1 aliphatic rings. The number of rotatable bonds is 7. The number of amides is 1. The van der Waals surface area contributed by atoms with Crippen LogP contribution in [0.4, 0.5) is 0 Å². The second-order valence-corrected chi connectivity index (χ2v) is 7.27. The van der Waals surface area contributed by atoms with Gasteiger partial charge in [-0.3, -0.25) is 19.6 Å². The molecule has 32 heavy (non-hydrogen) atoms. The van der Waals surface area contributed by atoms with E-state index in [-0.39, 0.29) is 24.8 Å². The molecule has 164 valence electrons. The van der Waals surface area contributed by atoms with Crippen LogP contribution in [0.5, 0.6) is 11.5 Å². The predicted octanol–water partition coefficient (Wildman–Crippen LogP) is 3.19. The van der Waals surface area contributed by atoms with Gasteiger partial charge in [-0.2, -0.15) is 5.10 Å². The zero-order chi connectivity index (χ0) is 22.7. The number of carboxylic acids is 1. The lowest BCUT2D eigenvalue weighted by Crippen LogP contribution is -2.27. The standard InChI is InChI=1S/C23H22N4O5/c1-31-20-6-4-14(12-21(20)32-2)17-13-19(27(26-17)22(28)7-8-23(29)30)15-3-5-16-18(11-15)25-10-9-24-16/h3-6,9-12,19H,7-8,13H2,1-2H3,(H,29,30)/t19-/m1/s1. The summed E-state index contributed by atoms with van der Waals surface area (Å²) in [6.45, 7) is 0. The van der Waals surface area contributed by atoms with Crippen molar-refractivity contribution in [3.63, 3.8) is 0 Å². The Morgan fingerprint density at radius 2 is 1.75 bits per heavy atom. The fraction of sp³-hybridized carbons (Fsp3) is 0.261. The molecule has 2 heterocycles. The lowest BCUT2D eigenvalue weighted by molar-refractivity contribution is -0.141. The van der Waals surface area contributed by atoms with Crippen molar-refractivity contribution in [3.05, 3.63) is 59.9 Å². The predicted molar refractivity (Wildman–Crippen MR) is 117 cm³/mol. The van der Waals surface area contributed by atoms with Crippen molar-refractivity contribution in [3.8, 4) is 11.5 Å². The van der Waals surface area contributed by atoms with Crippen molar-refractivity contribution >= 4 is 28.6 Å². The van der Waals surface area contributed by atoms with Gasteiger partial charge < -0.3 is 14.6 Å². The number of hydrogen-bond acceptors (Lipinski definition) is 7. The molecule has 1 N–H and O–H groups in total. The van der Waals surface area contributed by atoms with E-state index < -0.39 is 5.97 Å². The maximum atomic E-state index is 12.9. The summed E-state index contributed by atoms with van der Waals surface area (Å²) in [6.07, 6.45) is 3.30. The lowest BCUT2D eigenvalue weighted by atomic mass is 9.97. The lowest BCUT2D eigenvalue weighted by Gasteiger charge is -2.22. The molecule has 9 heteroatoms. The minimum Gasteiger partial charge on any atom is -0.493 e. The van der Waals surface area contributed by atoms with Gasteiger partial charge in [0, 0.05) is 30.8 Å². The van der Waals surface area contributed by atoms with E-state index in [9.17, 15) is 9.59 Å². The van der Waals surface area contributed by atoms with E-state index in [0.29, 0.717) is 29.1 Å². The first kappa shape index (κ1) is 21.2. The molecule has 0 radical (unpaired) electrons. The molecule has 3 aromatic rings. The number of benzene rings is 2. The summed E-state index contributed by atoms with van der Waals surface area (Å²) < 4.78 is 10.7. The molecule has 1 aromatic heterocycles. The first-order valence-corrected chi connectivity index (χ1v) is 10.0. The van der Waals surface area contributed by atoms with Crippen molar-refractivity contribution in [2.24, 2.45) is 5.10 Å². The molecule has 1 amide bonds. The molecule has 0 saturated carbocycles. The Balaban J connectivity index is 1.70. The average Bonchev–Trinajstić information content (AvgIpc) is 3.27. The van der Waals surface area contributed by atoms with Crippen LogP contribution in [0.1, 0.15) is 36.4 Å². The smallest absolute Gasteiger partial charge is 0.303 e. The highest BCUT2D eigenvalue weighted by Gasteiger charge is 2.33. The molecule has 4 rings (SSSR count). The van der Waals surface area contributed by atoms with E-state index >= 15 is 0 Å². The van der Waals surface area contributed by atoms with Gasteiger partial charge in [0.1, 0.15) is 0 Å². The minimum atomic E-state index is -1.03. The number of nitrogens with zero attached hydrogens (tertiary/aromatic N) is 4. The zero-order valence-electron chi connectivity index (χ0n) is 17.7. The summed E-state index contributed by atoms with van der Waals surface area (Å²) in [5.41, 5.74) is 3.79. The Labute approximate surface area is 184 Å². The number of carbonyl (C=O) groups is 2. The molecule has 0 unspecified atom stereocenters. The summed E-state index contributed by atoms with van der Waals surface area (Å²) >= 11 is 0. The van der Waals surface area contributed by atoms with Gasteiger partial charge in [0.2, 0.25) is 5.91 Å². The average molecular weight is 434 g/mol. The van der Waals surface area contributed by atoms with E-state index in [1.807, 2.05) is 30.3 Å². The monoisotopic (exact) mass is 434 g/mol. The third-order valence-electron chi connectivity index (χ3n) is 5.31. The summed E-state index contributed by atoms with van der Waals surface area (Å²) in [6, 6.07) is 10.7. The first-order chi connectivity index (χ1) is 15.5. The normalized spacial score (nSPS) is 15.5. The van der Waals surface area contributed by atoms with Gasteiger partial charge in [-0.15, -0.1) is 0 Å². The molecule has 1 atom stereocenters. The minimum absolute atomic E-state index is 0.137. The highest BCUT2D eigenvalue weighted by molar-refractivity contribution is 6.03. The molecule has 0 bridgehead atoms. The highest BCUT2D eigenvalue weighted by Crippen LogP contribution is 2.36. The summed E-state index contributed by atoms with van der Waals surface area (Å²) in [7, 11) is 3.12. The van der Waals surface area contributed by atoms with Gasteiger partial charge >= 0.3 is 5.97 Å². The molecular formula is C23H22N4O5. The zero-order valence-corrected chi connectivity index (χ0v) is 17.7. The number of aromatic nitrogens is 2. The number of hydrogen-bond donors (Lipinski definition) is 1.